The molecule has 0 unspecified atom stereocenters. The molecule has 1 saturated heterocycles. The van der Waals surface area contributed by atoms with Crippen molar-refractivity contribution in [3.63, 3.8) is 0 Å². The van der Waals surface area contributed by atoms with E-state index in [4.69, 9.17) is 0 Å². The highest BCUT2D eigenvalue weighted by molar-refractivity contribution is 8.32. The quantitative estimate of drug-likeness (QED) is 0.190. The number of nitrogens with one attached hydrogen (secondary N) is 3. The minimum absolute atomic E-state index is 0.425. The Bertz CT molecular complexity index is 1490. The maximum Gasteiger partial charge on any atom is 0.0904 e. The molecule has 0 aromatic heterocycles. The second-order valence-electron chi connectivity index (χ2n) is 12.9. The summed E-state index contributed by atoms with van der Waals surface area (Å²) in [6, 6.07) is 17.9. The summed E-state index contributed by atoms with van der Waals surface area (Å²) in [4.78, 5) is 4.85. The van der Waals surface area contributed by atoms with Crippen LogP contribution in [0.3, 0.4) is 0 Å². The van der Waals surface area contributed by atoms with Gasteiger partial charge in [-0.1, -0.05) is 62.3 Å². The molecule has 2 fully saturated rings. The summed E-state index contributed by atoms with van der Waals surface area (Å²) in [5.41, 5.74) is 10.6. The van der Waals surface area contributed by atoms with Crippen LogP contribution in [0.4, 0.5) is 21.5 Å². The van der Waals surface area contributed by atoms with Crippen LogP contribution in [0, 0.1) is 0 Å². The summed E-state index contributed by atoms with van der Waals surface area (Å²) in [5, 5.41) is 3.78. The lowest BCUT2D eigenvalue weighted by Crippen LogP contribution is -2.31. The van der Waals surface area contributed by atoms with Crippen molar-refractivity contribution in [2.24, 2.45) is 0 Å². The normalized spacial score (nSPS) is 17.2. The van der Waals surface area contributed by atoms with Crippen LogP contribution in [0.1, 0.15) is 58.4 Å². The third-order valence-corrected chi connectivity index (χ3v) is 10.7. The number of rotatable bonds is 13. The lowest BCUT2D eigenvalue weighted by atomic mass is 9.85. The van der Waals surface area contributed by atoms with Gasteiger partial charge in [0, 0.05) is 47.5 Å². The summed E-state index contributed by atoms with van der Waals surface area (Å²) in [6.45, 7) is 17.5. The molecule has 2 aromatic rings. The van der Waals surface area contributed by atoms with Gasteiger partial charge in [-0.3, -0.25) is 4.72 Å². The molecule has 0 spiro atoms. The molecule has 4 rings (SSSR count). The second kappa shape index (κ2) is 16.2. The van der Waals surface area contributed by atoms with Gasteiger partial charge in [-0.05, 0) is 118 Å². The zero-order valence-electron chi connectivity index (χ0n) is 28.8. The number of nitrogens with zero attached hydrogens (tertiary/aromatic N) is 2. The highest BCUT2D eigenvalue weighted by atomic mass is 32.3. The molecule has 1 aliphatic carbocycles. The van der Waals surface area contributed by atoms with Gasteiger partial charge in [-0.25, -0.2) is 4.39 Å². The number of allylic oxidation sites excluding steroid dienone is 7. The summed E-state index contributed by atoms with van der Waals surface area (Å²) in [7, 11) is 0.921. The zero-order chi connectivity index (χ0) is 33.3. The Morgan fingerprint density at radius 2 is 1.63 bits per heavy atom. The average Bonchev–Trinajstić information content (AvgIpc) is 3.54. The molecule has 46 heavy (non-hydrogen) atoms. The van der Waals surface area contributed by atoms with Gasteiger partial charge in [0.1, 0.15) is 0 Å². The number of hydrogen-bond donors (Lipinski definition) is 3. The van der Waals surface area contributed by atoms with E-state index in [0.29, 0.717) is 12.4 Å². The van der Waals surface area contributed by atoms with Crippen LogP contribution in [-0.4, -0.2) is 45.4 Å². The van der Waals surface area contributed by atoms with Gasteiger partial charge in [0.05, 0.1) is 13.0 Å². The van der Waals surface area contributed by atoms with Crippen LogP contribution >= 0.6 is 10.4 Å². The minimum atomic E-state index is -1.07. The Labute approximate surface area is 279 Å². The minimum Gasteiger partial charge on any atom is -0.382 e. The van der Waals surface area contributed by atoms with E-state index in [1.54, 1.807) is 6.08 Å². The van der Waals surface area contributed by atoms with Gasteiger partial charge < -0.3 is 19.8 Å². The van der Waals surface area contributed by atoms with E-state index in [2.05, 4.69) is 120 Å². The Kier molecular flexibility index (Phi) is 12.4. The molecule has 2 aromatic carbocycles. The Hall–Kier alpha value is -3.68. The SMILES string of the molecule is C=C/C=C(\C=C\F)C(/C)=C(/C(C(=C)NC1CCCCC1)=C(C)C)c1cccc(N2CCN(c3ccc(NS(C)(C)NC)cc3)C2)c1. The van der Waals surface area contributed by atoms with E-state index in [-0.39, 0.29) is 0 Å². The fourth-order valence-electron chi connectivity index (χ4n) is 6.42. The van der Waals surface area contributed by atoms with Crippen LogP contribution in [-0.2, 0) is 0 Å². The van der Waals surface area contributed by atoms with Crippen molar-refractivity contribution in [1.29, 1.82) is 0 Å². The van der Waals surface area contributed by atoms with Crippen LogP contribution in [0.25, 0.3) is 5.57 Å². The second-order valence-corrected chi connectivity index (χ2v) is 16.1. The first-order chi connectivity index (χ1) is 22.1. The lowest BCUT2D eigenvalue weighted by molar-refractivity contribution is 0.399. The molecule has 0 amide bonds. The van der Waals surface area contributed by atoms with E-state index < -0.39 is 10.4 Å². The lowest BCUT2D eigenvalue weighted by Gasteiger charge is -2.33. The summed E-state index contributed by atoms with van der Waals surface area (Å²) >= 11 is 0. The van der Waals surface area contributed by atoms with E-state index in [1.165, 1.54) is 36.6 Å². The molecule has 1 saturated carbocycles. The zero-order valence-corrected chi connectivity index (χ0v) is 29.6. The molecule has 0 bridgehead atoms. The van der Waals surface area contributed by atoms with Gasteiger partial charge in [0.15, 0.2) is 0 Å². The Morgan fingerprint density at radius 3 is 2.24 bits per heavy atom. The van der Waals surface area contributed by atoms with Crippen LogP contribution < -0.4 is 24.6 Å². The van der Waals surface area contributed by atoms with Crippen molar-refractivity contribution < 1.29 is 4.39 Å². The number of hydrogen-bond acceptors (Lipinski definition) is 5. The molecule has 1 aliphatic heterocycles. The molecule has 0 atom stereocenters. The third kappa shape index (κ3) is 8.98. The van der Waals surface area contributed by atoms with Gasteiger partial charge in [0.25, 0.3) is 0 Å². The maximum atomic E-state index is 13.6. The van der Waals surface area contributed by atoms with E-state index >= 15 is 0 Å². The molecule has 248 valence electrons. The monoisotopic (exact) mass is 643 g/mol. The summed E-state index contributed by atoms with van der Waals surface area (Å²) in [5.74, 6) is 0. The van der Waals surface area contributed by atoms with E-state index in [0.717, 1.165) is 77.5 Å². The molecule has 5 nitrogen and oxygen atoms in total. The first kappa shape index (κ1) is 35.2. The number of anilines is 3. The van der Waals surface area contributed by atoms with E-state index in [1.807, 2.05) is 13.1 Å². The van der Waals surface area contributed by atoms with Crippen molar-refractivity contribution in [2.45, 2.75) is 58.9 Å². The smallest absolute Gasteiger partial charge is 0.0904 e. The molecule has 1 heterocycles. The van der Waals surface area contributed by atoms with Crippen molar-refractivity contribution in [3.8, 4) is 0 Å². The van der Waals surface area contributed by atoms with Crippen LogP contribution in [0.15, 0.2) is 114 Å². The van der Waals surface area contributed by atoms with Crippen LogP contribution in [0.2, 0.25) is 0 Å². The summed E-state index contributed by atoms with van der Waals surface area (Å²) in [6.07, 6.45) is 16.2. The predicted octanol–water partition coefficient (Wildman–Crippen LogP) is 9.64. The fourth-order valence-corrected chi connectivity index (χ4v) is 7.24. The molecule has 2 aliphatic rings. The van der Waals surface area contributed by atoms with E-state index in [9.17, 15) is 4.39 Å². The summed E-state index contributed by atoms with van der Waals surface area (Å²) < 4.78 is 20.6. The highest BCUT2D eigenvalue weighted by Crippen LogP contribution is 2.39. The Balaban J connectivity index is 1.66. The standard InChI is InChI=1S/C39H54FN5S/c1-9-14-32(23-24-40)30(4)39(38(29(2)3)31(5)42-34-16-11-10-12-17-34)33-15-13-18-37(27-33)45-26-25-44(28-45)36-21-19-35(20-22-36)43-46(7,8)41-6/h9,13-15,18-24,27,34,41-43H,1,5,10-12,16-17,25-26,28H2,2-4,6-8H3/b24-23+,32-14+,39-30+. The largest absolute Gasteiger partial charge is 0.382 e. The molecular formula is C39H54FN5S. The topological polar surface area (TPSA) is 42.6 Å². The average molecular weight is 644 g/mol. The van der Waals surface area contributed by atoms with Gasteiger partial charge in [-0.15, -0.1) is 10.4 Å². The van der Waals surface area contributed by atoms with Crippen molar-refractivity contribution >= 4 is 33.0 Å². The van der Waals surface area contributed by atoms with Crippen molar-refractivity contribution in [2.75, 3.05) is 53.8 Å². The molecule has 7 heteroatoms. The Morgan fingerprint density at radius 1 is 0.957 bits per heavy atom. The van der Waals surface area contributed by atoms with Gasteiger partial charge >= 0.3 is 0 Å². The van der Waals surface area contributed by atoms with Crippen molar-refractivity contribution in [1.82, 2.24) is 10.0 Å². The first-order valence-corrected chi connectivity index (χ1v) is 18.9. The predicted molar refractivity (Wildman–Crippen MR) is 203 cm³/mol. The first-order valence-electron chi connectivity index (χ1n) is 16.4. The highest BCUT2D eigenvalue weighted by Gasteiger charge is 2.24. The van der Waals surface area contributed by atoms with Gasteiger partial charge in [0.2, 0.25) is 0 Å². The maximum absolute atomic E-state index is 13.6. The van der Waals surface area contributed by atoms with Gasteiger partial charge in [-0.2, -0.15) is 0 Å². The molecular weight excluding hydrogens is 590 g/mol. The number of halogens is 1. The van der Waals surface area contributed by atoms with Crippen molar-refractivity contribution in [3.05, 3.63) is 120 Å². The van der Waals surface area contributed by atoms with Crippen LogP contribution in [0.5, 0.6) is 0 Å². The third-order valence-electron chi connectivity index (χ3n) is 8.98. The number of benzene rings is 2. The molecule has 0 radical (unpaired) electrons. The molecule has 3 N–H and O–H groups in total. The fraction of sp³-hybridized carbons (Fsp3) is 0.385.